The lowest BCUT2D eigenvalue weighted by Gasteiger charge is -2.34. The Morgan fingerprint density at radius 1 is 1.06 bits per heavy atom. The molecule has 100 valence electrons. The fourth-order valence-corrected chi connectivity index (χ4v) is 2.34. The van der Waals surface area contributed by atoms with Gasteiger partial charge in [0.2, 0.25) is 0 Å². The van der Waals surface area contributed by atoms with Crippen molar-refractivity contribution < 1.29 is 14.3 Å². The normalized spacial score (nSPS) is 19.2. The number of hydrogen-bond donors (Lipinski definition) is 0. The van der Waals surface area contributed by atoms with E-state index in [0.717, 1.165) is 12.8 Å². The quantitative estimate of drug-likeness (QED) is 0.612. The second-order valence-electron chi connectivity index (χ2n) is 5.17. The van der Waals surface area contributed by atoms with Gasteiger partial charge in [0.1, 0.15) is 12.6 Å². The minimum atomic E-state index is -0.358. The molecule has 0 bridgehead atoms. The lowest BCUT2D eigenvalue weighted by atomic mass is 9.80. The number of ether oxygens (including phenoxy) is 2. The molecule has 0 saturated carbocycles. The maximum atomic E-state index is 11.7. The van der Waals surface area contributed by atoms with Crippen LogP contribution in [0.2, 0.25) is 0 Å². The van der Waals surface area contributed by atoms with Crippen LogP contribution in [-0.4, -0.2) is 25.8 Å². The van der Waals surface area contributed by atoms with Crippen LogP contribution in [0, 0.1) is 5.41 Å². The van der Waals surface area contributed by atoms with Gasteiger partial charge in [-0.2, -0.15) is 0 Å². The van der Waals surface area contributed by atoms with E-state index in [1.807, 2.05) is 0 Å². The number of carbonyl (C=O) groups is 1. The van der Waals surface area contributed by atoms with Crippen LogP contribution >= 0.6 is 0 Å². The average molecular weight is 242 g/mol. The van der Waals surface area contributed by atoms with Crippen molar-refractivity contribution in [3.8, 4) is 0 Å². The summed E-state index contributed by atoms with van der Waals surface area (Å²) in [4.78, 5) is 11.7. The molecule has 0 radical (unpaired) electrons. The highest BCUT2D eigenvalue weighted by Gasteiger charge is 2.37. The molecular weight excluding hydrogens is 216 g/mol. The molecular formula is C14H26O3. The first kappa shape index (κ1) is 14.7. The van der Waals surface area contributed by atoms with Crippen LogP contribution in [0.1, 0.15) is 58.8 Å². The third kappa shape index (κ3) is 4.76. The van der Waals surface area contributed by atoms with Crippen LogP contribution in [0.4, 0.5) is 0 Å². The van der Waals surface area contributed by atoms with E-state index < -0.39 is 0 Å². The predicted molar refractivity (Wildman–Crippen MR) is 67.9 cm³/mol. The first-order chi connectivity index (χ1) is 8.21. The second kappa shape index (κ2) is 7.83. The van der Waals surface area contributed by atoms with E-state index in [1.54, 1.807) is 6.92 Å². The average Bonchev–Trinajstić information content (AvgIpc) is 2.34. The van der Waals surface area contributed by atoms with E-state index in [1.165, 1.54) is 32.1 Å². The van der Waals surface area contributed by atoms with Crippen LogP contribution in [-0.2, 0) is 14.3 Å². The summed E-state index contributed by atoms with van der Waals surface area (Å²) in [6.07, 6.45) is 8.43. The maximum absolute atomic E-state index is 11.7. The summed E-state index contributed by atoms with van der Waals surface area (Å²) in [6, 6.07) is 0. The van der Waals surface area contributed by atoms with Crippen LogP contribution in [0.25, 0.3) is 0 Å². The van der Waals surface area contributed by atoms with Crippen molar-refractivity contribution in [3.63, 3.8) is 0 Å². The standard InChI is InChI=1S/C14H26O3/c1-3-4-5-6-7-8-9-14(13(2)15)10-16-12-17-11-14/h3-12H2,1-2H3. The van der Waals surface area contributed by atoms with E-state index >= 15 is 0 Å². The van der Waals surface area contributed by atoms with E-state index in [-0.39, 0.29) is 11.2 Å². The van der Waals surface area contributed by atoms with E-state index in [9.17, 15) is 4.79 Å². The van der Waals surface area contributed by atoms with Crippen LogP contribution in [0.3, 0.4) is 0 Å². The van der Waals surface area contributed by atoms with Gasteiger partial charge in [0.25, 0.3) is 0 Å². The zero-order valence-corrected chi connectivity index (χ0v) is 11.3. The first-order valence-electron chi connectivity index (χ1n) is 6.88. The number of Topliss-reactive ketones (excluding diaryl/α,β-unsaturated/α-hetero) is 1. The number of unbranched alkanes of at least 4 members (excludes halogenated alkanes) is 5. The molecule has 0 aromatic rings. The Morgan fingerprint density at radius 2 is 1.65 bits per heavy atom. The van der Waals surface area contributed by atoms with Crippen molar-refractivity contribution in [2.45, 2.75) is 58.8 Å². The van der Waals surface area contributed by atoms with Crippen LogP contribution in [0.15, 0.2) is 0 Å². The van der Waals surface area contributed by atoms with Crippen LogP contribution < -0.4 is 0 Å². The molecule has 0 amide bonds. The molecule has 0 N–H and O–H groups in total. The topological polar surface area (TPSA) is 35.5 Å². The monoisotopic (exact) mass is 242 g/mol. The minimum Gasteiger partial charge on any atom is -0.354 e. The van der Waals surface area contributed by atoms with E-state index in [0.29, 0.717) is 20.0 Å². The Kier molecular flexibility index (Phi) is 6.75. The van der Waals surface area contributed by atoms with Gasteiger partial charge in [-0.15, -0.1) is 0 Å². The fraction of sp³-hybridized carbons (Fsp3) is 0.929. The lowest BCUT2D eigenvalue weighted by molar-refractivity contribution is -0.176. The van der Waals surface area contributed by atoms with Crippen molar-refractivity contribution in [3.05, 3.63) is 0 Å². The summed E-state index contributed by atoms with van der Waals surface area (Å²) >= 11 is 0. The third-order valence-electron chi connectivity index (χ3n) is 3.68. The summed E-state index contributed by atoms with van der Waals surface area (Å²) < 4.78 is 10.6. The van der Waals surface area contributed by atoms with E-state index in [2.05, 4.69) is 6.92 Å². The Bertz CT molecular complexity index is 220. The van der Waals surface area contributed by atoms with Gasteiger partial charge < -0.3 is 9.47 Å². The SMILES string of the molecule is CCCCCCCCC1(C(C)=O)COCOC1. The molecule has 0 spiro atoms. The molecule has 1 aliphatic heterocycles. The molecule has 1 aliphatic rings. The van der Waals surface area contributed by atoms with E-state index in [4.69, 9.17) is 9.47 Å². The molecule has 0 aromatic heterocycles. The van der Waals surface area contributed by atoms with Gasteiger partial charge in [-0.1, -0.05) is 45.4 Å². The van der Waals surface area contributed by atoms with Crippen molar-refractivity contribution in [2.75, 3.05) is 20.0 Å². The van der Waals surface area contributed by atoms with Crippen molar-refractivity contribution in [2.24, 2.45) is 5.41 Å². The van der Waals surface area contributed by atoms with Crippen molar-refractivity contribution in [1.29, 1.82) is 0 Å². The fourth-order valence-electron chi connectivity index (χ4n) is 2.34. The molecule has 17 heavy (non-hydrogen) atoms. The van der Waals surface area contributed by atoms with Crippen molar-refractivity contribution >= 4 is 5.78 Å². The number of rotatable bonds is 8. The molecule has 3 heteroatoms. The minimum absolute atomic E-state index is 0.214. The Labute approximate surface area is 105 Å². The van der Waals surface area contributed by atoms with Gasteiger partial charge in [-0.3, -0.25) is 4.79 Å². The summed E-state index contributed by atoms with van der Waals surface area (Å²) in [7, 11) is 0. The Hall–Kier alpha value is -0.410. The largest absolute Gasteiger partial charge is 0.354 e. The first-order valence-corrected chi connectivity index (χ1v) is 6.88. The molecule has 0 unspecified atom stereocenters. The number of hydrogen-bond acceptors (Lipinski definition) is 3. The second-order valence-corrected chi connectivity index (χ2v) is 5.17. The Balaban J connectivity index is 2.23. The predicted octanol–water partition coefficient (Wildman–Crippen LogP) is 3.32. The lowest BCUT2D eigenvalue weighted by Crippen LogP contribution is -2.43. The van der Waals surface area contributed by atoms with Gasteiger partial charge in [-0.25, -0.2) is 0 Å². The van der Waals surface area contributed by atoms with Gasteiger partial charge in [-0.05, 0) is 13.3 Å². The number of carbonyl (C=O) groups excluding carboxylic acids is 1. The highest BCUT2D eigenvalue weighted by atomic mass is 16.7. The molecule has 1 fully saturated rings. The van der Waals surface area contributed by atoms with Crippen molar-refractivity contribution in [1.82, 2.24) is 0 Å². The van der Waals surface area contributed by atoms with Gasteiger partial charge in [0.05, 0.1) is 18.6 Å². The molecule has 1 rings (SSSR count). The van der Waals surface area contributed by atoms with Gasteiger partial charge in [0.15, 0.2) is 0 Å². The molecule has 3 nitrogen and oxygen atoms in total. The zero-order valence-electron chi connectivity index (χ0n) is 11.3. The highest BCUT2D eigenvalue weighted by Crippen LogP contribution is 2.30. The summed E-state index contributed by atoms with van der Waals surface area (Å²) in [5, 5.41) is 0. The smallest absolute Gasteiger partial charge is 0.146 e. The maximum Gasteiger partial charge on any atom is 0.146 e. The molecule has 1 heterocycles. The summed E-state index contributed by atoms with van der Waals surface area (Å²) in [5.41, 5.74) is -0.358. The summed E-state index contributed by atoms with van der Waals surface area (Å²) in [5.74, 6) is 0.214. The molecule has 0 aliphatic carbocycles. The number of ketones is 1. The third-order valence-corrected chi connectivity index (χ3v) is 3.68. The van der Waals surface area contributed by atoms with Gasteiger partial charge in [0, 0.05) is 0 Å². The molecule has 0 aromatic carbocycles. The zero-order chi connectivity index (χ0) is 12.6. The molecule has 0 atom stereocenters. The Morgan fingerprint density at radius 3 is 2.24 bits per heavy atom. The highest BCUT2D eigenvalue weighted by molar-refractivity contribution is 5.82. The summed E-state index contributed by atoms with van der Waals surface area (Å²) in [6.45, 7) is 5.30. The molecule has 1 saturated heterocycles. The van der Waals surface area contributed by atoms with Gasteiger partial charge >= 0.3 is 0 Å². The van der Waals surface area contributed by atoms with Crippen LogP contribution in [0.5, 0.6) is 0 Å².